The maximum Gasteiger partial charge on any atom is 0.264 e. The van der Waals surface area contributed by atoms with Crippen molar-refractivity contribution in [3.63, 3.8) is 0 Å². The van der Waals surface area contributed by atoms with Crippen LogP contribution in [0.2, 0.25) is 0 Å². The van der Waals surface area contributed by atoms with Crippen LogP contribution in [0.1, 0.15) is 137 Å². The Hall–Kier alpha value is -5.68. The average Bonchev–Trinajstić information content (AvgIpc) is 3.70. The fourth-order valence-corrected chi connectivity index (χ4v) is 10.5. The summed E-state index contributed by atoms with van der Waals surface area (Å²) in [7, 11) is -2.23. The van der Waals surface area contributed by atoms with E-state index in [1.54, 1.807) is 37.3 Å². The molecule has 0 radical (unpaired) electrons. The predicted octanol–water partition coefficient (Wildman–Crippen LogP) is 5.71. The van der Waals surface area contributed by atoms with Crippen molar-refractivity contribution in [1.29, 1.82) is 0 Å². The highest BCUT2D eigenvalue weighted by atomic mass is 32.2. The van der Waals surface area contributed by atoms with Crippen LogP contribution in [0.15, 0.2) is 42.5 Å². The van der Waals surface area contributed by atoms with Gasteiger partial charge in [-0.25, -0.2) is 12.8 Å². The van der Waals surface area contributed by atoms with Crippen LogP contribution >= 0.6 is 0 Å². The lowest BCUT2D eigenvalue weighted by molar-refractivity contribution is -0.137. The van der Waals surface area contributed by atoms with Crippen molar-refractivity contribution >= 4 is 51.0 Å². The minimum absolute atomic E-state index is 0.0244. The number of fused-ring (bicyclic) bond motifs is 2. The van der Waals surface area contributed by atoms with Crippen LogP contribution < -0.4 is 20.1 Å². The highest BCUT2D eigenvalue weighted by molar-refractivity contribution is 7.90. The number of nitrogens with zero attached hydrogens (tertiary/aromatic N) is 3. The lowest BCUT2D eigenvalue weighted by Crippen LogP contribution is -2.52. The molecule has 0 aromatic heterocycles. The van der Waals surface area contributed by atoms with Crippen LogP contribution in [0.3, 0.4) is 0 Å². The Morgan fingerprint density at radius 1 is 0.906 bits per heavy atom. The number of nitrogens with one attached hydrogen (secondary N) is 2. The molecule has 3 aromatic carbocycles. The van der Waals surface area contributed by atoms with Crippen LogP contribution in [0.25, 0.3) is 0 Å². The van der Waals surface area contributed by atoms with E-state index in [4.69, 9.17) is 9.47 Å². The third kappa shape index (κ3) is 10.1. The first-order valence-electron chi connectivity index (χ1n) is 22.1. The van der Waals surface area contributed by atoms with Gasteiger partial charge in [-0.1, -0.05) is 25.3 Å². The Morgan fingerprint density at radius 2 is 1.64 bits per heavy atom. The van der Waals surface area contributed by atoms with Gasteiger partial charge in [0.2, 0.25) is 17.7 Å². The molecule has 4 aliphatic heterocycles. The van der Waals surface area contributed by atoms with Gasteiger partial charge in [0.25, 0.3) is 17.7 Å². The largest absolute Gasteiger partial charge is 0.493 e. The van der Waals surface area contributed by atoms with Crippen LogP contribution in [-0.4, -0.2) is 110 Å². The van der Waals surface area contributed by atoms with Crippen molar-refractivity contribution in [1.82, 2.24) is 20.0 Å². The number of imide groups is 2. The number of hydrogen-bond acceptors (Lipinski definition) is 11. The van der Waals surface area contributed by atoms with E-state index < -0.39 is 57.1 Å². The molecule has 6 amide bonds. The molecular formula is C47H56FN5O10S. The normalized spacial score (nSPS) is 18.6. The molecule has 342 valence electrons. The first kappa shape index (κ1) is 46.3. The van der Waals surface area contributed by atoms with Crippen molar-refractivity contribution in [3.05, 3.63) is 87.2 Å². The molecule has 64 heavy (non-hydrogen) atoms. The number of piperidine rings is 2. The monoisotopic (exact) mass is 901 g/mol. The summed E-state index contributed by atoms with van der Waals surface area (Å²) in [6.07, 6.45) is 8.42. The van der Waals surface area contributed by atoms with Crippen LogP contribution in [-0.2, 0) is 37.2 Å². The number of aryl methyl sites for hydroxylation is 1. The highest BCUT2D eigenvalue weighted by Crippen LogP contribution is 2.41. The predicted molar refractivity (Wildman–Crippen MR) is 236 cm³/mol. The first-order valence-corrected chi connectivity index (χ1v) is 24.1. The number of carbonyl (C=O) groups excluding carboxylic acids is 6. The zero-order valence-corrected chi connectivity index (χ0v) is 37.6. The van der Waals surface area contributed by atoms with E-state index in [-0.39, 0.29) is 53.9 Å². The van der Waals surface area contributed by atoms with Crippen molar-refractivity contribution in [2.75, 3.05) is 50.7 Å². The summed E-state index contributed by atoms with van der Waals surface area (Å²) < 4.78 is 51.4. The van der Waals surface area contributed by atoms with Crippen molar-refractivity contribution in [2.24, 2.45) is 0 Å². The molecule has 1 unspecified atom stereocenters. The molecule has 0 spiro atoms. The maximum absolute atomic E-state index is 14.9. The number of benzene rings is 3. The van der Waals surface area contributed by atoms with Gasteiger partial charge in [-0.2, -0.15) is 0 Å². The van der Waals surface area contributed by atoms with Crippen LogP contribution in [0.4, 0.5) is 10.1 Å². The second-order valence-corrected chi connectivity index (χ2v) is 19.4. The minimum atomic E-state index is -3.70. The Balaban J connectivity index is 0.919. The molecule has 0 saturated carbocycles. The lowest BCUT2D eigenvalue weighted by atomic mass is 9.85. The molecule has 2 atom stereocenters. The third-order valence-electron chi connectivity index (χ3n) is 12.7. The topological polar surface area (TPSA) is 189 Å². The molecular weight excluding hydrogens is 846 g/mol. The molecule has 3 aromatic rings. The number of sulfone groups is 1. The Morgan fingerprint density at radius 3 is 2.33 bits per heavy atom. The summed E-state index contributed by atoms with van der Waals surface area (Å²) in [6, 6.07) is 9.06. The summed E-state index contributed by atoms with van der Waals surface area (Å²) in [4.78, 5) is 83.0. The molecule has 4 aliphatic rings. The number of methoxy groups -OCH3 is 1. The minimum Gasteiger partial charge on any atom is -0.493 e. The molecule has 0 aliphatic carbocycles. The summed E-state index contributed by atoms with van der Waals surface area (Å²) in [5.74, 6) is -3.12. The molecule has 2 saturated heterocycles. The van der Waals surface area contributed by atoms with E-state index in [1.807, 2.05) is 0 Å². The van der Waals surface area contributed by atoms with Gasteiger partial charge in [-0.15, -0.1) is 0 Å². The van der Waals surface area contributed by atoms with Gasteiger partial charge < -0.3 is 24.6 Å². The molecule has 17 heteroatoms. The number of anilines is 1. The summed E-state index contributed by atoms with van der Waals surface area (Å²) >= 11 is 0. The average molecular weight is 902 g/mol. The van der Waals surface area contributed by atoms with Gasteiger partial charge >= 0.3 is 0 Å². The van der Waals surface area contributed by atoms with Gasteiger partial charge in [0, 0.05) is 31.7 Å². The summed E-state index contributed by atoms with van der Waals surface area (Å²) in [5.41, 5.74) is 3.40. The van der Waals surface area contributed by atoms with Gasteiger partial charge in [-0.3, -0.25) is 39.0 Å². The number of unbranched alkanes of at least 4 members (excludes halogenated alkanes) is 4. The number of hydrogen-bond donors (Lipinski definition) is 2. The van der Waals surface area contributed by atoms with Crippen LogP contribution in [0, 0.1) is 5.82 Å². The second kappa shape index (κ2) is 19.6. The molecule has 4 heterocycles. The van der Waals surface area contributed by atoms with E-state index in [2.05, 4.69) is 15.5 Å². The highest BCUT2D eigenvalue weighted by Gasteiger charge is 2.44. The van der Waals surface area contributed by atoms with E-state index in [1.165, 1.54) is 31.1 Å². The van der Waals surface area contributed by atoms with E-state index in [0.717, 1.165) is 92.4 Å². The molecule has 2 fully saturated rings. The standard InChI is InChI=1S/C47H56FN5O10S/c1-5-63-41-23-31(12-14-40(41)62-3)39(27-64(4,60)61)53-46(58)35-21-29(22-37(49-28(2)54)43(35)47(53)59)11-9-7-6-8-10-18-51-19-16-30(17-20-51)33-24-32(48)25-34-36(33)26-52(45(34)57)38-13-15-42(55)50-44(38)56/h12,14,21-25,30,38-39H,5-11,13,15-20,26-27H2,1-4H3,(H,49,54)(H,50,55,56)/t38?,39-/m1/s1. The van der Waals surface area contributed by atoms with E-state index in [9.17, 15) is 41.6 Å². The Labute approximate surface area is 372 Å². The maximum atomic E-state index is 14.9. The van der Waals surface area contributed by atoms with Crippen LogP contribution in [0.5, 0.6) is 11.5 Å². The molecule has 0 bridgehead atoms. The SMILES string of the molecule is CCOc1cc([C@@H](CS(C)(=O)=O)N2C(=O)c3cc(CCCCCCCN4CCC(c5cc(F)cc6c5CN(C5CCC(=O)NC5=O)C6=O)CC4)cc(NC(C)=O)c3C2=O)ccc1OC. The van der Waals surface area contributed by atoms with E-state index >= 15 is 0 Å². The smallest absolute Gasteiger partial charge is 0.264 e. The Bertz CT molecular complexity index is 2470. The van der Waals surface area contributed by atoms with Crippen molar-refractivity contribution in [2.45, 2.75) is 103 Å². The number of rotatable bonds is 18. The zero-order chi connectivity index (χ0) is 45.9. The molecule has 15 nitrogen and oxygen atoms in total. The molecule has 7 rings (SSSR count). The quantitative estimate of drug-likeness (QED) is 0.118. The Kier molecular flexibility index (Phi) is 14.2. The van der Waals surface area contributed by atoms with Crippen molar-refractivity contribution in [3.8, 4) is 11.5 Å². The third-order valence-corrected chi connectivity index (χ3v) is 13.6. The van der Waals surface area contributed by atoms with Crippen molar-refractivity contribution < 1.29 is 51.0 Å². The number of likely N-dealkylation sites (tertiary alicyclic amines) is 1. The van der Waals surface area contributed by atoms with Gasteiger partial charge in [0.15, 0.2) is 11.5 Å². The number of carbonyl (C=O) groups is 6. The zero-order valence-electron chi connectivity index (χ0n) is 36.8. The summed E-state index contributed by atoms with van der Waals surface area (Å²) in [5, 5.41) is 5.04. The fourth-order valence-electron chi connectivity index (χ4n) is 9.61. The van der Waals surface area contributed by atoms with Gasteiger partial charge in [0.1, 0.15) is 21.7 Å². The molecule has 2 N–H and O–H groups in total. The first-order chi connectivity index (χ1) is 30.6. The van der Waals surface area contributed by atoms with Gasteiger partial charge in [0.05, 0.1) is 42.3 Å². The number of halogens is 1. The van der Waals surface area contributed by atoms with Gasteiger partial charge in [-0.05, 0) is 130 Å². The summed E-state index contributed by atoms with van der Waals surface area (Å²) in [6.45, 7) is 6.26. The number of amides is 6. The second-order valence-electron chi connectivity index (χ2n) is 17.2. The fraction of sp³-hybridized carbons (Fsp3) is 0.489. The lowest BCUT2D eigenvalue weighted by Gasteiger charge is -2.33. The number of ether oxygens (including phenoxy) is 2. The van der Waals surface area contributed by atoms with E-state index in [0.29, 0.717) is 35.7 Å².